The standard InChI is InChI=1S/C12H15ClFNO/c1-3-12(15,4-2)11(16)9-6-5-8(13)7-10(9)14/h5-7H,3-4,15H2,1-2H3. The minimum absolute atomic E-state index is 0.00981. The van der Waals surface area contributed by atoms with Crippen LogP contribution in [0.5, 0.6) is 0 Å². The first-order chi connectivity index (χ1) is 7.44. The van der Waals surface area contributed by atoms with E-state index >= 15 is 0 Å². The third-order valence-corrected chi connectivity index (χ3v) is 3.12. The molecule has 4 heteroatoms. The first-order valence-corrected chi connectivity index (χ1v) is 5.61. The van der Waals surface area contributed by atoms with Gasteiger partial charge in [0.1, 0.15) is 5.82 Å². The predicted octanol–water partition coefficient (Wildman–Crippen LogP) is 3.18. The number of Topliss-reactive ketones (excluding diaryl/α,β-unsaturated/α-hetero) is 1. The Labute approximate surface area is 99.6 Å². The summed E-state index contributed by atoms with van der Waals surface area (Å²) in [6, 6.07) is 4.00. The summed E-state index contributed by atoms with van der Waals surface area (Å²) in [5, 5.41) is 0.268. The molecule has 0 radical (unpaired) electrons. The van der Waals surface area contributed by atoms with Crippen LogP contribution < -0.4 is 5.73 Å². The number of nitrogens with two attached hydrogens (primary N) is 1. The number of carbonyl (C=O) groups is 1. The van der Waals surface area contributed by atoms with Crippen LogP contribution in [-0.2, 0) is 0 Å². The molecule has 0 aromatic heterocycles. The number of benzene rings is 1. The second kappa shape index (κ2) is 4.93. The van der Waals surface area contributed by atoms with E-state index in [1.807, 2.05) is 13.8 Å². The largest absolute Gasteiger partial charge is 0.319 e. The second-order valence-corrected chi connectivity index (χ2v) is 4.25. The van der Waals surface area contributed by atoms with Crippen LogP contribution in [-0.4, -0.2) is 11.3 Å². The van der Waals surface area contributed by atoms with Gasteiger partial charge >= 0.3 is 0 Å². The van der Waals surface area contributed by atoms with Gasteiger partial charge in [-0.1, -0.05) is 25.4 Å². The van der Waals surface area contributed by atoms with E-state index < -0.39 is 11.4 Å². The number of hydrogen-bond acceptors (Lipinski definition) is 2. The van der Waals surface area contributed by atoms with Gasteiger partial charge in [0.05, 0.1) is 11.1 Å². The highest BCUT2D eigenvalue weighted by Crippen LogP contribution is 2.22. The van der Waals surface area contributed by atoms with Crippen LogP contribution in [0.2, 0.25) is 5.02 Å². The van der Waals surface area contributed by atoms with E-state index in [1.165, 1.54) is 12.1 Å². The zero-order chi connectivity index (χ0) is 12.3. The summed E-state index contributed by atoms with van der Waals surface area (Å²) in [6.45, 7) is 3.63. The molecule has 0 aliphatic heterocycles. The van der Waals surface area contributed by atoms with Crippen LogP contribution >= 0.6 is 11.6 Å². The van der Waals surface area contributed by atoms with Gasteiger partial charge in [-0.15, -0.1) is 0 Å². The molecule has 0 saturated carbocycles. The predicted molar refractivity (Wildman–Crippen MR) is 63.2 cm³/mol. The second-order valence-electron chi connectivity index (χ2n) is 3.82. The maximum atomic E-state index is 13.5. The van der Waals surface area contributed by atoms with Crippen molar-refractivity contribution in [2.45, 2.75) is 32.2 Å². The Kier molecular flexibility index (Phi) is 4.05. The fourth-order valence-electron chi connectivity index (χ4n) is 1.51. The highest BCUT2D eigenvalue weighted by molar-refractivity contribution is 6.30. The van der Waals surface area contributed by atoms with E-state index in [4.69, 9.17) is 17.3 Å². The molecule has 0 unspecified atom stereocenters. The van der Waals surface area contributed by atoms with Crippen molar-refractivity contribution in [1.29, 1.82) is 0 Å². The highest BCUT2D eigenvalue weighted by atomic mass is 35.5. The molecular formula is C12H15ClFNO. The van der Waals surface area contributed by atoms with Crippen LogP contribution in [0.3, 0.4) is 0 Å². The minimum atomic E-state index is -0.991. The molecule has 1 aromatic rings. The third-order valence-electron chi connectivity index (χ3n) is 2.89. The summed E-state index contributed by atoms with van der Waals surface area (Å²) in [5.41, 5.74) is 4.95. The van der Waals surface area contributed by atoms with E-state index in [9.17, 15) is 9.18 Å². The third kappa shape index (κ3) is 2.42. The Morgan fingerprint density at radius 1 is 1.44 bits per heavy atom. The molecular weight excluding hydrogens is 229 g/mol. The summed E-state index contributed by atoms with van der Waals surface area (Å²) in [5.74, 6) is -0.985. The number of carbonyl (C=O) groups excluding carboxylic acids is 1. The van der Waals surface area contributed by atoms with Gasteiger partial charge in [-0.25, -0.2) is 4.39 Å². The van der Waals surface area contributed by atoms with E-state index in [0.29, 0.717) is 12.8 Å². The number of ketones is 1. The zero-order valence-corrected chi connectivity index (χ0v) is 10.1. The van der Waals surface area contributed by atoms with Gasteiger partial charge in [0.25, 0.3) is 0 Å². The van der Waals surface area contributed by atoms with Crippen molar-refractivity contribution in [2.75, 3.05) is 0 Å². The van der Waals surface area contributed by atoms with Crippen molar-refractivity contribution >= 4 is 17.4 Å². The van der Waals surface area contributed by atoms with Crippen molar-refractivity contribution in [1.82, 2.24) is 0 Å². The lowest BCUT2D eigenvalue weighted by atomic mass is 9.85. The molecule has 0 saturated heterocycles. The molecule has 1 aromatic carbocycles. The summed E-state index contributed by atoms with van der Waals surface area (Å²) in [6.07, 6.45) is 0.953. The smallest absolute Gasteiger partial charge is 0.185 e. The van der Waals surface area contributed by atoms with E-state index in [2.05, 4.69) is 0 Å². The van der Waals surface area contributed by atoms with Crippen LogP contribution in [0.25, 0.3) is 0 Å². The Morgan fingerprint density at radius 2 is 2.00 bits per heavy atom. The Morgan fingerprint density at radius 3 is 2.44 bits per heavy atom. The fourth-order valence-corrected chi connectivity index (χ4v) is 1.67. The van der Waals surface area contributed by atoms with E-state index in [-0.39, 0.29) is 16.4 Å². The van der Waals surface area contributed by atoms with Crippen molar-refractivity contribution in [2.24, 2.45) is 5.73 Å². The lowest BCUT2D eigenvalue weighted by molar-refractivity contribution is 0.0875. The van der Waals surface area contributed by atoms with Gasteiger partial charge in [0.2, 0.25) is 0 Å². The Balaban J connectivity index is 3.14. The molecule has 88 valence electrons. The monoisotopic (exact) mass is 243 g/mol. The summed E-state index contributed by atoms with van der Waals surface area (Å²) in [7, 11) is 0. The molecule has 2 nitrogen and oxygen atoms in total. The quantitative estimate of drug-likeness (QED) is 0.826. The maximum Gasteiger partial charge on any atom is 0.185 e. The molecule has 0 aliphatic carbocycles. The Hall–Kier alpha value is -0.930. The number of hydrogen-bond donors (Lipinski definition) is 1. The average Bonchev–Trinajstić information content (AvgIpc) is 2.27. The summed E-state index contributed by atoms with van der Waals surface area (Å²) < 4.78 is 13.5. The molecule has 0 atom stereocenters. The topological polar surface area (TPSA) is 43.1 Å². The first-order valence-electron chi connectivity index (χ1n) is 5.23. The van der Waals surface area contributed by atoms with Crippen LogP contribution in [0, 0.1) is 5.82 Å². The molecule has 16 heavy (non-hydrogen) atoms. The molecule has 0 amide bonds. The van der Waals surface area contributed by atoms with Crippen molar-refractivity contribution in [3.63, 3.8) is 0 Å². The van der Waals surface area contributed by atoms with Gasteiger partial charge in [-0.3, -0.25) is 4.79 Å². The van der Waals surface area contributed by atoms with Crippen LogP contribution in [0.1, 0.15) is 37.0 Å². The lowest BCUT2D eigenvalue weighted by Crippen LogP contribution is -2.47. The van der Waals surface area contributed by atoms with Gasteiger partial charge in [-0.2, -0.15) is 0 Å². The van der Waals surface area contributed by atoms with E-state index in [0.717, 1.165) is 6.07 Å². The fraction of sp³-hybridized carbons (Fsp3) is 0.417. The van der Waals surface area contributed by atoms with E-state index in [1.54, 1.807) is 0 Å². The van der Waals surface area contributed by atoms with Gasteiger partial charge in [0.15, 0.2) is 5.78 Å². The highest BCUT2D eigenvalue weighted by Gasteiger charge is 2.32. The minimum Gasteiger partial charge on any atom is -0.319 e. The molecule has 0 aliphatic rings. The Bertz CT molecular complexity index is 402. The maximum absolute atomic E-state index is 13.5. The van der Waals surface area contributed by atoms with Crippen LogP contribution in [0.15, 0.2) is 18.2 Å². The normalized spacial score (nSPS) is 11.6. The SMILES string of the molecule is CCC(N)(CC)C(=O)c1ccc(Cl)cc1F. The summed E-state index contributed by atoms with van der Waals surface area (Å²) >= 11 is 5.62. The van der Waals surface area contributed by atoms with Crippen molar-refractivity contribution in [3.8, 4) is 0 Å². The number of halogens is 2. The van der Waals surface area contributed by atoms with Crippen molar-refractivity contribution in [3.05, 3.63) is 34.6 Å². The molecule has 0 spiro atoms. The van der Waals surface area contributed by atoms with Crippen LogP contribution in [0.4, 0.5) is 4.39 Å². The lowest BCUT2D eigenvalue weighted by Gasteiger charge is -2.25. The summed E-state index contributed by atoms with van der Waals surface area (Å²) in [4.78, 5) is 12.1. The first kappa shape index (κ1) is 13.1. The van der Waals surface area contributed by atoms with Crippen molar-refractivity contribution < 1.29 is 9.18 Å². The molecule has 2 N–H and O–H groups in total. The molecule has 0 bridgehead atoms. The average molecular weight is 244 g/mol. The molecule has 0 heterocycles. The molecule has 1 rings (SSSR count). The number of rotatable bonds is 4. The van der Waals surface area contributed by atoms with Gasteiger partial charge in [0, 0.05) is 5.02 Å². The molecule has 0 fully saturated rings. The zero-order valence-electron chi connectivity index (χ0n) is 9.39. The van der Waals surface area contributed by atoms with Gasteiger partial charge in [-0.05, 0) is 31.0 Å². The van der Waals surface area contributed by atoms with Gasteiger partial charge < -0.3 is 5.73 Å².